The van der Waals surface area contributed by atoms with E-state index in [2.05, 4.69) is 32.2 Å². The summed E-state index contributed by atoms with van der Waals surface area (Å²) in [6, 6.07) is 9.29. The molecule has 0 aliphatic carbocycles. The minimum absolute atomic E-state index is 0.0716. The third-order valence-electron chi connectivity index (χ3n) is 4.84. The number of fused-ring (bicyclic) bond motifs is 1. The van der Waals surface area contributed by atoms with E-state index in [1.54, 1.807) is 0 Å². The molecule has 2 aromatic heterocycles. The second kappa shape index (κ2) is 7.85. The van der Waals surface area contributed by atoms with E-state index in [-0.39, 0.29) is 5.91 Å². The Morgan fingerprint density at radius 1 is 1.14 bits per heavy atom. The monoisotopic (exact) mass is 380 g/mol. The van der Waals surface area contributed by atoms with E-state index in [1.807, 2.05) is 48.4 Å². The van der Waals surface area contributed by atoms with Crippen LogP contribution in [0.25, 0.3) is 11.0 Å². The van der Waals surface area contributed by atoms with E-state index in [9.17, 15) is 4.79 Å². The molecule has 0 atom stereocenters. The number of carbonyl (C=O) groups excluding carboxylic acids is 1. The van der Waals surface area contributed by atoms with Crippen LogP contribution in [0, 0.1) is 0 Å². The number of benzene rings is 1. The molecule has 4 rings (SSSR count). The number of likely N-dealkylation sites (N-methyl/N-ethyl adjacent to an activating group) is 1. The van der Waals surface area contributed by atoms with E-state index in [0.29, 0.717) is 29.6 Å². The van der Waals surface area contributed by atoms with Gasteiger partial charge in [-0.2, -0.15) is 9.97 Å². The summed E-state index contributed by atoms with van der Waals surface area (Å²) >= 11 is 0. The molecule has 3 aromatic rings. The Balaban J connectivity index is 1.49. The molecule has 28 heavy (non-hydrogen) atoms. The van der Waals surface area contributed by atoms with E-state index in [4.69, 9.17) is 4.74 Å². The Morgan fingerprint density at radius 2 is 1.89 bits per heavy atom. The van der Waals surface area contributed by atoms with Crippen molar-refractivity contribution in [2.24, 2.45) is 0 Å². The van der Waals surface area contributed by atoms with Crippen molar-refractivity contribution in [2.45, 2.75) is 6.92 Å². The second-order valence-corrected chi connectivity index (χ2v) is 6.82. The van der Waals surface area contributed by atoms with Crippen LogP contribution in [-0.2, 0) is 0 Å². The highest BCUT2D eigenvalue weighted by Gasteiger charge is 2.20. The summed E-state index contributed by atoms with van der Waals surface area (Å²) in [5.41, 5.74) is 2.21. The molecule has 146 valence electrons. The first-order valence-corrected chi connectivity index (χ1v) is 9.47. The number of aromatic nitrogens is 3. The normalized spacial score (nSPS) is 15.0. The van der Waals surface area contributed by atoms with Gasteiger partial charge in [-0.15, -0.1) is 0 Å². The van der Waals surface area contributed by atoms with Gasteiger partial charge in [-0.05, 0) is 44.3 Å². The van der Waals surface area contributed by atoms with E-state index in [1.165, 1.54) is 0 Å². The van der Waals surface area contributed by atoms with Gasteiger partial charge in [0.15, 0.2) is 0 Å². The molecule has 8 heteroatoms. The lowest BCUT2D eigenvalue weighted by molar-refractivity contribution is 0.0664. The molecule has 1 saturated heterocycles. The number of amides is 1. The number of piperazine rings is 1. The number of rotatable bonds is 5. The van der Waals surface area contributed by atoms with Gasteiger partial charge in [0.1, 0.15) is 5.65 Å². The van der Waals surface area contributed by atoms with Crippen LogP contribution < -0.4 is 10.1 Å². The van der Waals surface area contributed by atoms with Crippen molar-refractivity contribution < 1.29 is 9.53 Å². The number of hydrogen-bond acceptors (Lipinski definition) is 6. The van der Waals surface area contributed by atoms with Crippen LogP contribution in [0.4, 0.5) is 11.6 Å². The maximum absolute atomic E-state index is 12.7. The van der Waals surface area contributed by atoms with Gasteiger partial charge in [0.25, 0.3) is 5.91 Å². The van der Waals surface area contributed by atoms with Crippen molar-refractivity contribution in [2.75, 3.05) is 45.2 Å². The molecule has 0 unspecified atom stereocenters. The molecule has 8 nitrogen and oxygen atoms in total. The van der Waals surface area contributed by atoms with Crippen LogP contribution in [0.15, 0.2) is 36.5 Å². The van der Waals surface area contributed by atoms with Crippen molar-refractivity contribution in [3.8, 4) is 5.88 Å². The molecule has 0 spiro atoms. The fourth-order valence-corrected chi connectivity index (χ4v) is 3.23. The van der Waals surface area contributed by atoms with Gasteiger partial charge in [-0.1, -0.05) is 0 Å². The highest BCUT2D eigenvalue weighted by atomic mass is 16.5. The third-order valence-corrected chi connectivity index (χ3v) is 4.84. The van der Waals surface area contributed by atoms with Gasteiger partial charge in [0, 0.05) is 43.6 Å². The Morgan fingerprint density at radius 3 is 2.61 bits per heavy atom. The minimum Gasteiger partial charge on any atom is -0.477 e. The van der Waals surface area contributed by atoms with Gasteiger partial charge in [-0.3, -0.25) is 4.79 Å². The fourth-order valence-electron chi connectivity index (χ4n) is 3.23. The third kappa shape index (κ3) is 3.77. The van der Waals surface area contributed by atoms with Crippen LogP contribution in [0.3, 0.4) is 0 Å². The molecule has 1 aliphatic heterocycles. The zero-order chi connectivity index (χ0) is 19.5. The summed E-state index contributed by atoms with van der Waals surface area (Å²) in [6.07, 6.45) is 1.81. The maximum Gasteiger partial charge on any atom is 0.253 e. The van der Waals surface area contributed by atoms with Crippen molar-refractivity contribution >= 4 is 28.6 Å². The standard InChI is InChI=1S/C20H24N6O2/c1-3-28-18-16-8-9-21-17(16)23-20(24-18)22-15-6-4-14(5-7-15)19(27)26-12-10-25(2)11-13-26/h4-9H,3,10-13H2,1-2H3,(H2,21,22,23,24). The Bertz CT molecular complexity index is 960. The average molecular weight is 380 g/mol. The number of anilines is 2. The fraction of sp³-hybridized carbons (Fsp3) is 0.350. The topological polar surface area (TPSA) is 86.4 Å². The average Bonchev–Trinajstić information content (AvgIpc) is 3.18. The smallest absolute Gasteiger partial charge is 0.253 e. The first-order valence-electron chi connectivity index (χ1n) is 9.47. The summed E-state index contributed by atoms with van der Waals surface area (Å²) in [4.78, 5) is 28.8. The lowest BCUT2D eigenvalue weighted by Crippen LogP contribution is -2.47. The van der Waals surface area contributed by atoms with Crippen LogP contribution >= 0.6 is 0 Å². The number of ether oxygens (including phenoxy) is 1. The zero-order valence-electron chi connectivity index (χ0n) is 16.1. The number of nitrogens with one attached hydrogen (secondary N) is 2. The van der Waals surface area contributed by atoms with Gasteiger partial charge in [-0.25, -0.2) is 0 Å². The largest absolute Gasteiger partial charge is 0.477 e. The summed E-state index contributed by atoms with van der Waals surface area (Å²) in [7, 11) is 2.08. The van der Waals surface area contributed by atoms with E-state index in [0.717, 1.165) is 37.3 Å². The highest BCUT2D eigenvalue weighted by molar-refractivity contribution is 5.94. The van der Waals surface area contributed by atoms with Gasteiger partial charge >= 0.3 is 0 Å². The number of H-pyrrole nitrogens is 1. The lowest BCUT2D eigenvalue weighted by Gasteiger charge is -2.32. The molecular formula is C20H24N6O2. The van der Waals surface area contributed by atoms with Gasteiger partial charge < -0.3 is 24.8 Å². The predicted molar refractivity (Wildman–Crippen MR) is 108 cm³/mol. The van der Waals surface area contributed by atoms with Crippen molar-refractivity contribution in [3.05, 3.63) is 42.1 Å². The summed E-state index contributed by atoms with van der Waals surface area (Å²) in [5.74, 6) is 1.05. The maximum atomic E-state index is 12.7. The molecule has 0 saturated carbocycles. The quantitative estimate of drug-likeness (QED) is 0.707. The molecule has 1 fully saturated rings. The van der Waals surface area contributed by atoms with Crippen LogP contribution in [0.1, 0.15) is 17.3 Å². The van der Waals surface area contributed by atoms with Crippen LogP contribution in [0.2, 0.25) is 0 Å². The summed E-state index contributed by atoms with van der Waals surface area (Å²) < 4.78 is 5.62. The van der Waals surface area contributed by atoms with Crippen LogP contribution in [-0.4, -0.2) is 70.5 Å². The summed E-state index contributed by atoms with van der Waals surface area (Å²) in [5, 5.41) is 4.03. The highest BCUT2D eigenvalue weighted by Crippen LogP contribution is 2.25. The molecule has 3 heterocycles. The molecule has 1 aliphatic rings. The number of hydrogen-bond donors (Lipinski definition) is 2. The predicted octanol–water partition coefficient (Wildman–Crippen LogP) is 2.49. The summed E-state index contributed by atoms with van der Waals surface area (Å²) in [6.45, 7) is 5.79. The Kier molecular flexibility index (Phi) is 5.12. The molecule has 1 amide bonds. The first kappa shape index (κ1) is 18.2. The van der Waals surface area contributed by atoms with Gasteiger partial charge in [0.2, 0.25) is 11.8 Å². The second-order valence-electron chi connectivity index (χ2n) is 6.82. The molecule has 0 radical (unpaired) electrons. The number of nitrogens with zero attached hydrogens (tertiary/aromatic N) is 4. The Hall–Kier alpha value is -3.13. The molecule has 2 N–H and O–H groups in total. The molecular weight excluding hydrogens is 356 g/mol. The molecule has 1 aromatic carbocycles. The SMILES string of the molecule is CCOc1nc(Nc2ccc(C(=O)N3CCN(C)CC3)cc2)nc2[nH]ccc12. The lowest BCUT2D eigenvalue weighted by atomic mass is 10.1. The number of carbonyl (C=O) groups is 1. The van der Waals surface area contributed by atoms with Crippen LogP contribution in [0.5, 0.6) is 5.88 Å². The van der Waals surface area contributed by atoms with E-state index >= 15 is 0 Å². The first-order chi connectivity index (χ1) is 13.6. The Labute approximate surface area is 163 Å². The van der Waals surface area contributed by atoms with E-state index < -0.39 is 0 Å². The zero-order valence-corrected chi connectivity index (χ0v) is 16.1. The minimum atomic E-state index is 0.0716. The van der Waals surface area contributed by atoms with Gasteiger partial charge in [0.05, 0.1) is 12.0 Å². The molecule has 0 bridgehead atoms. The number of aromatic amines is 1. The van der Waals surface area contributed by atoms with Crippen molar-refractivity contribution in [3.63, 3.8) is 0 Å². The van der Waals surface area contributed by atoms with Crippen molar-refractivity contribution in [1.29, 1.82) is 0 Å². The van der Waals surface area contributed by atoms with Crippen molar-refractivity contribution in [1.82, 2.24) is 24.8 Å².